The number of phosphoric ester groups is 1. The molecule has 0 spiro atoms. The summed E-state index contributed by atoms with van der Waals surface area (Å²) in [6, 6.07) is 0. The molecule has 10 heteroatoms. The summed E-state index contributed by atoms with van der Waals surface area (Å²) in [5, 5.41) is 0. The van der Waals surface area contributed by atoms with E-state index in [1.165, 1.54) is 57.8 Å². The molecule has 0 saturated carbocycles. The maximum Gasteiger partial charge on any atom is 0.472 e. The molecule has 0 aromatic rings. The number of carbonyl (C=O) groups is 2. The van der Waals surface area contributed by atoms with Crippen LogP contribution in [0, 0.1) is 0 Å². The maximum absolute atomic E-state index is 12.6. The summed E-state index contributed by atoms with van der Waals surface area (Å²) in [4.78, 5) is 34.9. The molecule has 0 radical (unpaired) electrons. The van der Waals surface area contributed by atoms with Gasteiger partial charge in [-0.25, -0.2) is 4.57 Å². The molecule has 0 heterocycles. The van der Waals surface area contributed by atoms with Gasteiger partial charge in [0.2, 0.25) is 0 Å². The molecule has 3 N–H and O–H groups in total. The zero-order chi connectivity index (χ0) is 40.3. The van der Waals surface area contributed by atoms with Crippen molar-refractivity contribution in [2.24, 2.45) is 5.73 Å². The highest BCUT2D eigenvalue weighted by molar-refractivity contribution is 7.47. The third kappa shape index (κ3) is 41.2. The van der Waals surface area contributed by atoms with E-state index < -0.39 is 32.5 Å². The summed E-state index contributed by atoms with van der Waals surface area (Å²) in [5.41, 5.74) is 5.35. The lowest BCUT2D eigenvalue weighted by Crippen LogP contribution is -2.29. The van der Waals surface area contributed by atoms with Gasteiger partial charge in [-0.15, -0.1) is 0 Å². The van der Waals surface area contributed by atoms with Gasteiger partial charge in [-0.2, -0.15) is 0 Å². The molecule has 0 bridgehead atoms. The zero-order valence-electron chi connectivity index (χ0n) is 34.9. The molecule has 0 fully saturated rings. The van der Waals surface area contributed by atoms with Gasteiger partial charge in [-0.05, 0) is 77.0 Å². The molecule has 9 nitrogen and oxygen atoms in total. The van der Waals surface area contributed by atoms with E-state index in [0.29, 0.717) is 12.8 Å². The largest absolute Gasteiger partial charge is 0.472 e. The Morgan fingerprint density at radius 1 is 0.564 bits per heavy atom. The fourth-order valence-electron chi connectivity index (χ4n) is 5.68. The normalized spacial score (nSPS) is 13.9. The van der Waals surface area contributed by atoms with Crippen LogP contribution in [0.25, 0.3) is 0 Å². The molecule has 2 atom stereocenters. The smallest absolute Gasteiger partial charge is 0.462 e. The summed E-state index contributed by atoms with van der Waals surface area (Å²) in [6.45, 7) is 3.56. The Bertz CT molecular complexity index is 1090. The number of rotatable bonds is 40. The van der Waals surface area contributed by atoms with E-state index in [9.17, 15) is 19.0 Å². The average Bonchev–Trinajstić information content (AvgIpc) is 3.17. The number of ether oxygens (including phenoxy) is 2. The van der Waals surface area contributed by atoms with Crippen LogP contribution in [0.15, 0.2) is 60.8 Å². The van der Waals surface area contributed by atoms with Crippen molar-refractivity contribution in [3.63, 3.8) is 0 Å². The molecule has 0 aliphatic carbocycles. The van der Waals surface area contributed by atoms with Crippen LogP contribution in [0.5, 0.6) is 0 Å². The highest BCUT2D eigenvalue weighted by Crippen LogP contribution is 2.43. The minimum absolute atomic E-state index is 0.0476. The Balaban J connectivity index is 4.17. The average molecular weight is 794 g/mol. The van der Waals surface area contributed by atoms with Crippen molar-refractivity contribution in [2.45, 2.75) is 187 Å². The fraction of sp³-hybridized carbons (Fsp3) is 0.733. The van der Waals surface area contributed by atoms with Crippen LogP contribution in [-0.2, 0) is 32.7 Å². The number of hydrogen-bond acceptors (Lipinski definition) is 8. The van der Waals surface area contributed by atoms with Gasteiger partial charge < -0.3 is 20.1 Å². The first-order valence-corrected chi connectivity index (χ1v) is 23.3. The van der Waals surface area contributed by atoms with Gasteiger partial charge in [0.15, 0.2) is 6.10 Å². The van der Waals surface area contributed by atoms with E-state index in [-0.39, 0.29) is 32.6 Å². The van der Waals surface area contributed by atoms with Gasteiger partial charge >= 0.3 is 19.8 Å². The highest BCUT2D eigenvalue weighted by atomic mass is 31.2. The van der Waals surface area contributed by atoms with Gasteiger partial charge in [0, 0.05) is 19.4 Å². The Kier molecular flexibility index (Phi) is 39.6. The molecule has 0 aliphatic rings. The Morgan fingerprint density at radius 2 is 1.00 bits per heavy atom. The monoisotopic (exact) mass is 794 g/mol. The molecule has 0 aliphatic heterocycles. The van der Waals surface area contributed by atoms with Gasteiger partial charge in [-0.1, -0.05) is 152 Å². The van der Waals surface area contributed by atoms with Gasteiger partial charge in [-0.3, -0.25) is 18.6 Å². The maximum atomic E-state index is 12.6. The topological polar surface area (TPSA) is 134 Å². The van der Waals surface area contributed by atoms with Crippen LogP contribution in [0.1, 0.15) is 181 Å². The fourth-order valence-corrected chi connectivity index (χ4v) is 6.44. The van der Waals surface area contributed by atoms with E-state index in [4.69, 9.17) is 24.3 Å². The molecular weight excluding hydrogens is 713 g/mol. The van der Waals surface area contributed by atoms with Crippen LogP contribution in [-0.4, -0.2) is 49.3 Å². The Hall–Kier alpha value is -2.29. The summed E-state index contributed by atoms with van der Waals surface area (Å²) in [7, 11) is -4.38. The molecule has 0 rings (SSSR count). The molecule has 0 aromatic heterocycles. The summed E-state index contributed by atoms with van der Waals surface area (Å²) < 4.78 is 32.8. The second kappa shape index (κ2) is 41.3. The van der Waals surface area contributed by atoms with Crippen LogP contribution in [0.2, 0.25) is 0 Å². The first-order chi connectivity index (χ1) is 26.8. The lowest BCUT2D eigenvalue weighted by atomic mass is 10.1. The first-order valence-electron chi connectivity index (χ1n) is 21.8. The third-order valence-electron chi connectivity index (χ3n) is 8.89. The van der Waals surface area contributed by atoms with Crippen molar-refractivity contribution in [2.75, 3.05) is 26.4 Å². The van der Waals surface area contributed by atoms with Crippen molar-refractivity contribution in [3.05, 3.63) is 60.8 Å². The quantitative estimate of drug-likeness (QED) is 0.0269. The second-order valence-corrected chi connectivity index (χ2v) is 15.6. The van der Waals surface area contributed by atoms with Crippen LogP contribution in [0.4, 0.5) is 0 Å². The highest BCUT2D eigenvalue weighted by Gasteiger charge is 2.26. The van der Waals surface area contributed by atoms with E-state index in [1.807, 2.05) is 0 Å². The van der Waals surface area contributed by atoms with Crippen molar-refractivity contribution in [1.82, 2.24) is 0 Å². The second-order valence-electron chi connectivity index (χ2n) is 14.2. The van der Waals surface area contributed by atoms with E-state index in [1.54, 1.807) is 0 Å². The van der Waals surface area contributed by atoms with Crippen molar-refractivity contribution in [3.8, 4) is 0 Å². The van der Waals surface area contributed by atoms with Gasteiger partial charge in [0.1, 0.15) is 6.61 Å². The molecular formula is C45H80NO8P. The van der Waals surface area contributed by atoms with E-state index in [2.05, 4.69) is 74.6 Å². The molecule has 0 aromatic carbocycles. The number of carbonyl (C=O) groups excluding carboxylic acids is 2. The zero-order valence-corrected chi connectivity index (χ0v) is 35.8. The lowest BCUT2D eigenvalue weighted by molar-refractivity contribution is -0.161. The van der Waals surface area contributed by atoms with Crippen LogP contribution in [0.3, 0.4) is 0 Å². The van der Waals surface area contributed by atoms with E-state index in [0.717, 1.165) is 83.5 Å². The number of nitrogens with two attached hydrogens (primary N) is 1. The number of unbranched alkanes of at least 4 members (excludes halogenated alkanes) is 17. The Labute approximate surface area is 336 Å². The van der Waals surface area contributed by atoms with Crippen molar-refractivity contribution in [1.29, 1.82) is 0 Å². The number of esters is 2. The van der Waals surface area contributed by atoms with E-state index >= 15 is 0 Å². The number of phosphoric acid groups is 1. The third-order valence-corrected chi connectivity index (χ3v) is 9.87. The number of allylic oxidation sites excluding steroid dienone is 10. The summed E-state index contributed by atoms with van der Waals surface area (Å²) in [6.07, 6.45) is 48.2. The van der Waals surface area contributed by atoms with Crippen molar-refractivity contribution >= 4 is 19.8 Å². The molecule has 1 unspecified atom stereocenters. The standard InChI is InChI=1S/C45H80NO8P/c1-3-5-7-9-11-13-15-17-19-20-21-22-24-26-28-30-32-34-36-38-45(48)54-43(42-53-55(49,50)52-40-39-46)41-51-44(47)37-35-33-31-29-27-25-23-18-16-14-12-10-8-6-4-2/h6,8,11-14,17-19,23,43H,3-5,7,9-10,15-16,20-22,24-42,46H2,1-2H3,(H,49,50)/t43-/m1/s1. The predicted octanol–water partition coefficient (Wildman–Crippen LogP) is 12.5. The van der Waals surface area contributed by atoms with Gasteiger partial charge in [0.25, 0.3) is 0 Å². The van der Waals surface area contributed by atoms with Crippen molar-refractivity contribution < 1.29 is 37.6 Å². The summed E-state index contributed by atoms with van der Waals surface area (Å²) >= 11 is 0. The minimum Gasteiger partial charge on any atom is -0.462 e. The Morgan fingerprint density at radius 3 is 1.49 bits per heavy atom. The summed E-state index contributed by atoms with van der Waals surface area (Å²) in [5.74, 6) is -0.856. The van der Waals surface area contributed by atoms with Crippen LogP contribution < -0.4 is 5.73 Å². The lowest BCUT2D eigenvalue weighted by Gasteiger charge is -2.19. The first kappa shape index (κ1) is 52.7. The SMILES string of the molecule is CCC=CCC=CCC=CCCCCCCCC(=O)OC[C@H](COP(=O)(O)OCCN)OC(=O)CCCCCCCCCCCC=CCC=CCCCCC. The molecule has 0 amide bonds. The molecule has 55 heavy (non-hydrogen) atoms. The van der Waals surface area contributed by atoms with Crippen LogP contribution >= 0.6 is 7.82 Å². The molecule has 0 saturated heterocycles. The predicted molar refractivity (Wildman–Crippen MR) is 229 cm³/mol. The molecule has 318 valence electrons. The van der Waals surface area contributed by atoms with Gasteiger partial charge in [0.05, 0.1) is 13.2 Å². The minimum atomic E-state index is -4.38. The number of hydrogen-bond donors (Lipinski definition) is 2.